The van der Waals surface area contributed by atoms with Crippen molar-refractivity contribution in [2.24, 2.45) is 22.2 Å². The fraction of sp³-hybridized carbons (Fsp3) is 0.850. The van der Waals surface area contributed by atoms with E-state index in [9.17, 15) is 23.4 Å². The Balaban J connectivity index is 1.67. The Kier molecular flexibility index (Phi) is 4.58. The molecule has 3 fully saturated rings. The van der Waals surface area contributed by atoms with E-state index in [1.807, 2.05) is 19.9 Å². The number of rotatable bonds is 4. The smallest absolute Gasteiger partial charge is 0.397 e. The molecule has 3 aliphatic carbocycles. The van der Waals surface area contributed by atoms with Gasteiger partial charge < -0.3 is 14.9 Å². The Morgan fingerprint density at radius 1 is 1.24 bits per heavy atom. The zero-order valence-electron chi connectivity index (χ0n) is 17.1. The number of aliphatic hydroxyl groups is 2. The third-order valence-electron chi connectivity index (χ3n) is 8.48. The van der Waals surface area contributed by atoms with Crippen LogP contribution in [0.4, 0.5) is 0 Å². The molecule has 2 saturated carbocycles. The van der Waals surface area contributed by atoms with Crippen LogP contribution in [-0.2, 0) is 24.1 Å². The molecule has 0 radical (unpaired) electrons. The van der Waals surface area contributed by atoms with Gasteiger partial charge in [-0.15, -0.1) is 0 Å². The highest BCUT2D eigenvalue weighted by molar-refractivity contribution is 7.80. The molecule has 1 aliphatic heterocycles. The molecule has 29 heavy (non-hydrogen) atoms. The standard InChI is InChI=1S/C20H30O8S/c1-17(14(21)11-27-29(24,25)26)7-8-20(23)12(10-17)9-13-15-18(2,16(22)28-13)5-4-6-19(15,20)3/h9,13-15,21,23H,4-8,10-11H2,1-3H3,(H,24,25,26)/t13-,14-,15+,17+,18+,19+,20-/m1/s1. The van der Waals surface area contributed by atoms with Crippen LogP contribution >= 0.6 is 0 Å². The van der Waals surface area contributed by atoms with E-state index in [-0.39, 0.29) is 11.9 Å². The van der Waals surface area contributed by atoms with Crippen LogP contribution in [0.3, 0.4) is 0 Å². The maximum Gasteiger partial charge on any atom is 0.397 e. The first-order chi connectivity index (χ1) is 13.3. The summed E-state index contributed by atoms with van der Waals surface area (Å²) in [6.07, 6.45) is 3.86. The maximum atomic E-state index is 12.7. The minimum absolute atomic E-state index is 0.0952. The number of fused-ring (bicyclic) bond motifs is 2. The molecular formula is C20H30O8S. The van der Waals surface area contributed by atoms with E-state index in [2.05, 4.69) is 11.1 Å². The average molecular weight is 431 g/mol. The molecule has 0 aromatic carbocycles. The van der Waals surface area contributed by atoms with Crippen LogP contribution in [-0.4, -0.2) is 53.6 Å². The Hall–Kier alpha value is -1.00. The van der Waals surface area contributed by atoms with Crippen molar-refractivity contribution in [2.45, 2.75) is 77.1 Å². The molecule has 4 rings (SSSR count). The van der Waals surface area contributed by atoms with E-state index in [1.165, 1.54) is 0 Å². The van der Waals surface area contributed by atoms with E-state index < -0.39 is 51.1 Å². The summed E-state index contributed by atoms with van der Waals surface area (Å²) in [4.78, 5) is 12.7. The van der Waals surface area contributed by atoms with E-state index in [1.54, 1.807) is 0 Å². The highest BCUT2D eigenvalue weighted by Gasteiger charge is 2.70. The number of ether oxygens (including phenoxy) is 1. The number of carbonyl (C=O) groups excluding carboxylic acids is 1. The lowest BCUT2D eigenvalue weighted by Crippen LogP contribution is -2.64. The molecule has 1 saturated heterocycles. The predicted octanol–water partition coefficient (Wildman–Crippen LogP) is 1.77. The van der Waals surface area contributed by atoms with Gasteiger partial charge in [0, 0.05) is 11.3 Å². The summed E-state index contributed by atoms with van der Waals surface area (Å²) in [6.45, 7) is 5.25. The summed E-state index contributed by atoms with van der Waals surface area (Å²) in [5.41, 5.74) is -2.23. The number of hydrogen-bond donors (Lipinski definition) is 3. The van der Waals surface area contributed by atoms with Crippen molar-refractivity contribution < 1.29 is 36.9 Å². The van der Waals surface area contributed by atoms with Gasteiger partial charge in [-0.25, -0.2) is 4.18 Å². The third-order valence-corrected chi connectivity index (χ3v) is 8.91. The van der Waals surface area contributed by atoms with E-state index >= 15 is 0 Å². The lowest BCUT2D eigenvalue weighted by atomic mass is 9.43. The van der Waals surface area contributed by atoms with Gasteiger partial charge >= 0.3 is 16.4 Å². The van der Waals surface area contributed by atoms with Gasteiger partial charge in [-0.3, -0.25) is 9.35 Å². The van der Waals surface area contributed by atoms with E-state index in [0.29, 0.717) is 19.3 Å². The summed E-state index contributed by atoms with van der Waals surface area (Å²) >= 11 is 0. The number of carbonyl (C=O) groups is 1. The molecule has 3 N–H and O–H groups in total. The minimum atomic E-state index is -4.65. The lowest BCUT2D eigenvalue weighted by molar-refractivity contribution is -0.168. The molecule has 0 spiro atoms. The van der Waals surface area contributed by atoms with Crippen molar-refractivity contribution in [1.29, 1.82) is 0 Å². The topological polar surface area (TPSA) is 130 Å². The molecular weight excluding hydrogens is 400 g/mol. The first-order valence-electron chi connectivity index (χ1n) is 10.2. The Morgan fingerprint density at radius 2 is 1.93 bits per heavy atom. The second-order valence-corrected chi connectivity index (χ2v) is 11.2. The SMILES string of the molecule is C[C@]1([C@H](O)COS(=O)(=O)O)CC[C@@]2(O)C(=C[C@H]3OC(=O)[C@@]4(C)CCC[C@@]2(C)[C@@H]34)C1. The van der Waals surface area contributed by atoms with Crippen molar-refractivity contribution in [1.82, 2.24) is 0 Å². The second-order valence-electron chi connectivity index (χ2n) is 10.1. The van der Waals surface area contributed by atoms with Crippen molar-refractivity contribution >= 4 is 16.4 Å². The highest BCUT2D eigenvalue weighted by atomic mass is 32.3. The lowest BCUT2D eigenvalue weighted by Gasteiger charge is -2.61. The molecule has 8 nitrogen and oxygen atoms in total. The van der Waals surface area contributed by atoms with Crippen LogP contribution in [0.15, 0.2) is 11.6 Å². The summed E-state index contributed by atoms with van der Waals surface area (Å²) in [6, 6.07) is 0. The number of hydrogen-bond acceptors (Lipinski definition) is 7. The normalized spacial score (nSPS) is 47.7. The number of esters is 1. The van der Waals surface area contributed by atoms with Crippen LogP contribution in [0, 0.1) is 22.2 Å². The highest BCUT2D eigenvalue weighted by Crippen LogP contribution is 2.68. The Morgan fingerprint density at radius 3 is 2.59 bits per heavy atom. The monoisotopic (exact) mass is 430 g/mol. The molecule has 4 aliphatic rings. The van der Waals surface area contributed by atoms with Crippen molar-refractivity contribution in [3.05, 3.63) is 11.6 Å². The van der Waals surface area contributed by atoms with Crippen LogP contribution in [0.1, 0.15) is 59.3 Å². The second kappa shape index (κ2) is 6.26. The minimum Gasteiger partial charge on any atom is -0.457 e. The maximum absolute atomic E-state index is 12.7. The number of aliphatic hydroxyl groups excluding tert-OH is 1. The third kappa shape index (κ3) is 2.92. The summed E-state index contributed by atoms with van der Waals surface area (Å²) in [7, 11) is -4.65. The molecule has 0 unspecified atom stereocenters. The summed E-state index contributed by atoms with van der Waals surface area (Å²) in [5, 5.41) is 22.5. The first-order valence-corrected chi connectivity index (χ1v) is 11.6. The molecule has 0 amide bonds. The molecule has 7 atom stereocenters. The first kappa shape index (κ1) is 21.2. The largest absolute Gasteiger partial charge is 0.457 e. The zero-order valence-corrected chi connectivity index (χ0v) is 17.9. The Labute approximate surface area is 171 Å². The van der Waals surface area contributed by atoms with Crippen LogP contribution < -0.4 is 0 Å². The van der Waals surface area contributed by atoms with Crippen LogP contribution in [0.25, 0.3) is 0 Å². The predicted molar refractivity (Wildman–Crippen MR) is 102 cm³/mol. The fourth-order valence-electron chi connectivity index (χ4n) is 6.69. The van der Waals surface area contributed by atoms with Crippen LogP contribution in [0.5, 0.6) is 0 Å². The zero-order chi connectivity index (χ0) is 21.5. The van der Waals surface area contributed by atoms with Gasteiger partial charge in [0.05, 0.1) is 23.7 Å². The fourth-order valence-corrected chi connectivity index (χ4v) is 6.99. The average Bonchev–Trinajstić information content (AvgIpc) is 2.86. The summed E-state index contributed by atoms with van der Waals surface area (Å²) in [5.74, 6) is -0.302. The quantitative estimate of drug-likeness (QED) is 0.349. The van der Waals surface area contributed by atoms with Gasteiger partial charge in [-0.1, -0.05) is 20.3 Å². The van der Waals surface area contributed by atoms with Crippen molar-refractivity contribution in [3.8, 4) is 0 Å². The van der Waals surface area contributed by atoms with Crippen molar-refractivity contribution in [2.75, 3.05) is 6.61 Å². The molecule has 164 valence electrons. The van der Waals surface area contributed by atoms with E-state index in [4.69, 9.17) is 9.29 Å². The van der Waals surface area contributed by atoms with Gasteiger partial charge in [0.1, 0.15) is 6.10 Å². The van der Waals surface area contributed by atoms with Gasteiger partial charge in [-0.2, -0.15) is 8.42 Å². The van der Waals surface area contributed by atoms with Crippen molar-refractivity contribution in [3.63, 3.8) is 0 Å². The van der Waals surface area contributed by atoms with Crippen LogP contribution in [0.2, 0.25) is 0 Å². The van der Waals surface area contributed by atoms with Gasteiger partial charge in [0.25, 0.3) is 0 Å². The van der Waals surface area contributed by atoms with Gasteiger partial charge in [0.15, 0.2) is 0 Å². The Bertz CT molecular complexity index is 868. The molecule has 0 aromatic heterocycles. The molecule has 1 heterocycles. The van der Waals surface area contributed by atoms with E-state index in [0.717, 1.165) is 24.8 Å². The molecule has 0 bridgehead atoms. The summed E-state index contributed by atoms with van der Waals surface area (Å²) < 4.78 is 40.7. The van der Waals surface area contributed by atoms with Gasteiger partial charge in [0.2, 0.25) is 0 Å². The molecule has 0 aromatic rings. The molecule has 9 heteroatoms. The van der Waals surface area contributed by atoms with Gasteiger partial charge in [-0.05, 0) is 56.1 Å².